The van der Waals surface area contributed by atoms with Gasteiger partial charge in [-0.25, -0.2) is 13.1 Å². The zero-order valence-corrected chi connectivity index (χ0v) is 14.5. The van der Waals surface area contributed by atoms with E-state index in [0.29, 0.717) is 37.1 Å². The van der Waals surface area contributed by atoms with Crippen molar-refractivity contribution in [1.82, 2.24) is 9.88 Å². The Balaban J connectivity index is 1.93. The molecule has 130 valence electrons. The van der Waals surface area contributed by atoms with Gasteiger partial charge in [0.1, 0.15) is 17.2 Å². The van der Waals surface area contributed by atoms with Gasteiger partial charge in [0.05, 0.1) is 5.92 Å². The molecule has 0 saturated heterocycles. The third-order valence-corrected chi connectivity index (χ3v) is 5.43. The Morgan fingerprint density at radius 1 is 1.35 bits per heavy atom. The summed E-state index contributed by atoms with van der Waals surface area (Å²) in [6, 6.07) is 1.46. The number of carbonyl (C=O) groups is 1. The molecule has 0 amide bonds. The fourth-order valence-electron chi connectivity index (χ4n) is 2.68. The molecule has 8 heteroatoms. The number of nitrogens with zero attached hydrogens (tertiary/aromatic N) is 1. The number of aliphatic carboxylic acids is 1. The number of hydrogen-bond donors (Lipinski definition) is 2. The predicted octanol–water partition coefficient (Wildman–Crippen LogP) is 2.03. The lowest BCUT2D eigenvalue weighted by atomic mass is 9.87. The van der Waals surface area contributed by atoms with E-state index in [1.54, 1.807) is 6.07 Å². The van der Waals surface area contributed by atoms with E-state index in [0.717, 1.165) is 0 Å². The zero-order chi connectivity index (χ0) is 17.3. The summed E-state index contributed by atoms with van der Waals surface area (Å²) in [5.41, 5.74) is 0.152. The highest BCUT2D eigenvalue weighted by Crippen LogP contribution is 2.26. The molecule has 1 fully saturated rings. The molecular weight excluding hydrogens is 320 g/mol. The van der Waals surface area contributed by atoms with Crippen molar-refractivity contribution in [3.63, 3.8) is 0 Å². The number of sulfonamides is 1. The van der Waals surface area contributed by atoms with Crippen molar-refractivity contribution in [3.8, 4) is 0 Å². The fourth-order valence-corrected chi connectivity index (χ4v) is 4.03. The Labute approximate surface area is 136 Å². The molecule has 7 nitrogen and oxygen atoms in total. The van der Waals surface area contributed by atoms with Crippen LogP contribution in [0.1, 0.15) is 57.9 Å². The summed E-state index contributed by atoms with van der Waals surface area (Å²) in [5, 5.41) is 12.8. The summed E-state index contributed by atoms with van der Waals surface area (Å²) in [4.78, 5) is 10.9. The summed E-state index contributed by atoms with van der Waals surface area (Å²) in [5.74, 6) is -0.750. The lowest BCUT2D eigenvalue weighted by Gasteiger charge is -2.26. The Bertz CT molecular complexity index is 652. The van der Waals surface area contributed by atoms with Crippen LogP contribution >= 0.6 is 0 Å². The minimum atomic E-state index is -3.52. The number of hydrogen-bond acceptors (Lipinski definition) is 5. The van der Waals surface area contributed by atoms with Gasteiger partial charge in [-0.1, -0.05) is 25.9 Å². The maximum Gasteiger partial charge on any atom is 0.306 e. The Kier molecular flexibility index (Phi) is 5.15. The Morgan fingerprint density at radius 3 is 2.43 bits per heavy atom. The Hall–Kier alpha value is -1.41. The van der Waals surface area contributed by atoms with Gasteiger partial charge in [-0.05, 0) is 25.7 Å². The second kappa shape index (κ2) is 6.60. The quantitative estimate of drug-likeness (QED) is 0.846. The highest BCUT2D eigenvalue weighted by atomic mass is 32.2. The van der Waals surface area contributed by atoms with Gasteiger partial charge in [0.25, 0.3) is 0 Å². The van der Waals surface area contributed by atoms with Crippen LogP contribution in [0.2, 0.25) is 0 Å². The maximum atomic E-state index is 12.2. The first-order chi connectivity index (χ1) is 10.6. The first-order valence-corrected chi connectivity index (χ1v) is 9.41. The Morgan fingerprint density at radius 2 is 1.96 bits per heavy atom. The van der Waals surface area contributed by atoms with E-state index < -0.39 is 16.0 Å². The van der Waals surface area contributed by atoms with Gasteiger partial charge < -0.3 is 9.63 Å². The normalized spacial score (nSPS) is 22.9. The number of aromatic nitrogens is 1. The van der Waals surface area contributed by atoms with E-state index >= 15 is 0 Å². The van der Waals surface area contributed by atoms with Gasteiger partial charge in [0, 0.05) is 17.5 Å². The zero-order valence-electron chi connectivity index (χ0n) is 13.7. The average molecular weight is 344 g/mol. The number of rotatable bonds is 5. The monoisotopic (exact) mass is 344 g/mol. The van der Waals surface area contributed by atoms with Crippen molar-refractivity contribution in [2.45, 2.75) is 63.7 Å². The first kappa shape index (κ1) is 17.9. The van der Waals surface area contributed by atoms with Gasteiger partial charge in [-0.15, -0.1) is 0 Å². The molecule has 23 heavy (non-hydrogen) atoms. The van der Waals surface area contributed by atoms with Gasteiger partial charge in [-0.3, -0.25) is 4.79 Å². The van der Waals surface area contributed by atoms with Crippen molar-refractivity contribution >= 4 is 16.0 Å². The maximum absolute atomic E-state index is 12.2. The largest absolute Gasteiger partial charge is 0.481 e. The lowest BCUT2D eigenvalue weighted by Crippen LogP contribution is -2.39. The van der Waals surface area contributed by atoms with E-state index in [4.69, 9.17) is 9.63 Å². The molecule has 0 aromatic carbocycles. The van der Waals surface area contributed by atoms with E-state index in [2.05, 4.69) is 9.88 Å². The highest BCUT2D eigenvalue weighted by Gasteiger charge is 2.29. The summed E-state index contributed by atoms with van der Waals surface area (Å²) >= 11 is 0. The van der Waals surface area contributed by atoms with Crippen LogP contribution in [0, 0.1) is 5.92 Å². The number of nitrogens with one attached hydrogen (secondary N) is 1. The van der Waals surface area contributed by atoms with Crippen LogP contribution in [0.5, 0.6) is 0 Å². The third kappa shape index (κ3) is 5.04. The molecule has 1 heterocycles. The van der Waals surface area contributed by atoms with Crippen LogP contribution in [0.3, 0.4) is 0 Å². The fraction of sp³-hybridized carbons (Fsp3) is 0.733. The summed E-state index contributed by atoms with van der Waals surface area (Å²) < 4.78 is 32.3. The molecule has 1 aliphatic rings. The molecule has 0 radical (unpaired) electrons. The van der Waals surface area contributed by atoms with Crippen LogP contribution in [-0.2, 0) is 26.0 Å². The van der Waals surface area contributed by atoms with E-state index in [9.17, 15) is 13.2 Å². The van der Waals surface area contributed by atoms with Crippen molar-refractivity contribution in [2.24, 2.45) is 5.92 Å². The molecular formula is C15H24N2O5S. The number of carboxylic acids is 1. The summed E-state index contributed by atoms with van der Waals surface area (Å²) in [6.07, 6.45) is 2.09. The van der Waals surface area contributed by atoms with Crippen LogP contribution in [0.4, 0.5) is 0 Å². The van der Waals surface area contributed by atoms with Crippen LogP contribution < -0.4 is 4.72 Å². The summed E-state index contributed by atoms with van der Waals surface area (Å²) in [7, 11) is -3.52. The van der Waals surface area contributed by atoms with Crippen molar-refractivity contribution in [1.29, 1.82) is 0 Å². The van der Waals surface area contributed by atoms with Gasteiger partial charge in [-0.2, -0.15) is 0 Å². The molecule has 0 spiro atoms. The molecule has 2 N–H and O–H groups in total. The van der Waals surface area contributed by atoms with Gasteiger partial charge in [0.2, 0.25) is 10.0 Å². The molecule has 1 saturated carbocycles. The van der Waals surface area contributed by atoms with Crippen LogP contribution in [0.25, 0.3) is 0 Å². The second-order valence-electron chi connectivity index (χ2n) is 7.20. The minimum Gasteiger partial charge on any atom is -0.481 e. The average Bonchev–Trinajstić information content (AvgIpc) is 2.86. The van der Waals surface area contributed by atoms with Crippen LogP contribution in [-0.4, -0.2) is 30.7 Å². The van der Waals surface area contributed by atoms with Crippen molar-refractivity contribution in [2.75, 3.05) is 0 Å². The minimum absolute atomic E-state index is 0.204. The number of carboxylic acid groups (broad SMARTS) is 1. The van der Waals surface area contributed by atoms with Crippen LogP contribution in [0.15, 0.2) is 10.6 Å². The molecule has 0 aliphatic heterocycles. The summed E-state index contributed by atoms with van der Waals surface area (Å²) in [6.45, 7) is 5.89. The smallest absolute Gasteiger partial charge is 0.306 e. The van der Waals surface area contributed by atoms with Crippen molar-refractivity contribution < 1.29 is 22.8 Å². The van der Waals surface area contributed by atoms with Gasteiger partial charge >= 0.3 is 5.97 Å². The molecule has 1 aromatic heterocycles. The first-order valence-electron chi connectivity index (χ1n) is 7.76. The molecule has 1 aliphatic carbocycles. The molecule has 0 bridgehead atoms. The van der Waals surface area contributed by atoms with Crippen molar-refractivity contribution in [3.05, 3.63) is 17.5 Å². The standard InChI is InChI=1S/C15H24N2O5S/c1-15(2,3)13-8-12(16-22-13)9-23(20,21)17-11-6-4-10(5-7-11)14(18)19/h8,10-11,17H,4-7,9H2,1-3H3,(H,18,19). The van der Waals surface area contributed by atoms with Gasteiger partial charge in [0.15, 0.2) is 0 Å². The molecule has 2 rings (SSSR count). The SMILES string of the molecule is CC(C)(C)c1cc(CS(=O)(=O)NC2CCC(C(=O)O)CC2)no1. The van der Waals surface area contributed by atoms with E-state index in [1.807, 2.05) is 20.8 Å². The highest BCUT2D eigenvalue weighted by molar-refractivity contribution is 7.88. The lowest BCUT2D eigenvalue weighted by molar-refractivity contribution is -0.142. The molecule has 0 unspecified atom stereocenters. The second-order valence-corrected chi connectivity index (χ2v) is 8.95. The molecule has 0 atom stereocenters. The predicted molar refractivity (Wildman–Crippen MR) is 84.3 cm³/mol. The topological polar surface area (TPSA) is 110 Å². The van der Waals surface area contributed by atoms with E-state index in [-0.39, 0.29) is 23.1 Å². The molecule has 1 aromatic rings. The third-order valence-electron chi connectivity index (χ3n) is 4.06. The van der Waals surface area contributed by atoms with E-state index in [1.165, 1.54) is 0 Å².